The lowest BCUT2D eigenvalue weighted by Crippen LogP contribution is -2.38. The molecule has 1 aromatic heterocycles. The zero-order chi connectivity index (χ0) is 13.5. The lowest BCUT2D eigenvalue weighted by atomic mass is 10.1. The van der Waals surface area contributed by atoms with E-state index in [2.05, 4.69) is 9.71 Å². The van der Waals surface area contributed by atoms with Crippen LogP contribution in [0.1, 0.15) is 31.4 Å². The second kappa shape index (κ2) is 4.85. The van der Waals surface area contributed by atoms with Gasteiger partial charge in [-0.05, 0) is 49.7 Å². The van der Waals surface area contributed by atoms with Gasteiger partial charge in [-0.1, -0.05) is 0 Å². The molecule has 2 fully saturated rings. The monoisotopic (exact) mass is 281 g/mol. The van der Waals surface area contributed by atoms with Gasteiger partial charge in [0, 0.05) is 18.8 Å². The van der Waals surface area contributed by atoms with Crippen molar-refractivity contribution in [3.8, 4) is 0 Å². The third kappa shape index (κ3) is 2.80. The molecule has 1 aromatic rings. The fraction of sp³-hybridized carbons (Fsp3) is 0.615. The lowest BCUT2D eigenvalue weighted by Gasteiger charge is -2.18. The van der Waals surface area contributed by atoms with Gasteiger partial charge in [0.2, 0.25) is 10.0 Å². The Hall–Kier alpha value is -0.980. The Morgan fingerprint density at radius 3 is 2.47 bits per heavy atom. The van der Waals surface area contributed by atoms with Crippen LogP contribution in [0.15, 0.2) is 23.2 Å². The molecular formula is C13H19N3O2S. The Bertz CT molecular complexity index is 553. The van der Waals surface area contributed by atoms with Gasteiger partial charge in [0.05, 0.1) is 5.69 Å². The van der Waals surface area contributed by atoms with Crippen LogP contribution >= 0.6 is 0 Å². The maximum atomic E-state index is 12.5. The molecular weight excluding hydrogens is 262 g/mol. The SMILES string of the molecule is NCc1ncccc1S(=O)(=O)NC(C1CC1)C1CC1. The molecule has 0 amide bonds. The molecule has 2 aliphatic carbocycles. The van der Waals surface area contributed by atoms with Gasteiger partial charge in [-0.2, -0.15) is 0 Å². The van der Waals surface area contributed by atoms with Crippen LogP contribution in [0.5, 0.6) is 0 Å². The van der Waals surface area contributed by atoms with Crippen molar-refractivity contribution in [2.75, 3.05) is 0 Å². The molecule has 1 heterocycles. The predicted molar refractivity (Wildman–Crippen MR) is 71.7 cm³/mol. The van der Waals surface area contributed by atoms with Crippen LogP contribution in [0.4, 0.5) is 0 Å². The fourth-order valence-electron chi connectivity index (χ4n) is 2.55. The van der Waals surface area contributed by atoms with Gasteiger partial charge in [0.1, 0.15) is 4.90 Å². The normalized spacial score (nSPS) is 19.9. The summed E-state index contributed by atoms with van der Waals surface area (Å²) >= 11 is 0. The first kappa shape index (κ1) is 13.0. The Labute approximate surface area is 113 Å². The van der Waals surface area contributed by atoms with Crippen LogP contribution in [0.2, 0.25) is 0 Å². The van der Waals surface area contributed by atoms with E-state index >= 15 is 0 Å². The zero-order valence-corrected chi connectivity index (χ0v) is 11.6. The minimum atomic E-state index is -3.50. The third-order valence-electron chi connectivity index (χ3n) is 3.88. The topological polar surface area (TPSA) is 85.1 Å². The van der Waals surface area contributed by atoms with Gasteiger partial charge in [-0.15, -0.1) is 0 Å². The summed E-state index contributed by atoms with van der Waals surface area (Å²) in [5.41, 5.74) is 6.00. The molecule has 0 spiro atoms. The van der Waals surface area contributed by atoms with Crippen molar-refractivity contribution < 1.29 is 8.42 Å². The standard InChI is InChI=1S/C13H19N3O2S/c14-8-11-12(2-1-7-15-11)19(17,18)16-13(9-3-4-9)10-5-6-10/h1-2,7,9-10,13,16H,3-6,8,14H2. The van der Waals surface area contributed by atoms with Gasteiger partial charge in [-0.3, -0.25) is 4.98 Å². The average Bonchev–Trinajstić information content (AvgIpc) is 3.29. The number of nitrogens with one attached hydrogen (secondary N) is 1. The quantitative estimate of drug-likeness (QED) is 0.815. The fourth-order valence-corrected chi connectivity index (χ4v) is 4.13. The summed E-state index contributed by atoms with van der Waals surface area (Å²) < 4.78 is 27.8. The number of hydrogen-bond donors (Lipinski definition) is 2. The van der Waals surface area contributed by atoms with Crippen LogP contribution in [0, 0.1) is 11.8 Å². The minimum absolute atomic E-state index is 0.107. The number of nitrogens with zero attached hydrogens (tertiary/aromatic N) is 1. The second-order valence-electron chi connectivity index (χ2n) is 5.47. The maximum absolute atomic E-state index is 12.5. The van der Waals surface area contributed by atoms with E-state index in [4.69, 9.17) is 5.73 Å². The first-order valence-corrected chi connectivity index (χ1v) is 8.26. The smallest absolute Gasteiger partial charge is 0.242 e. The van der Waals surface area contributed by atoms with Gasteiger partial charge < -0.3 is 5.73 Å². The van der Waals surface area contributed by atoms with Crippen molar-refractivity contribution in [1.82, 2.24) is 9.71 Å². The number of rotatable bonds is 6. The van der Waals surface area contributed by atoms with E-state index in [-0.39, 0.29) is 17.5 Å². The Kier molecular flexibility index (Phi) is 3.32. The highest BCUT2D eigenvalue weighted by Gasteiger charge is 2.43. The summed E-state index contributed by atoms with van der Waals surface area (Å²) in [4.78, 5) is 4.27. The minimum Gasteiger partial charge on any atom is -0.325 e. The van der Waals surface area contributed by atoms with E-state index in [9.17, 15) is 8.42 Å². The van der Waals surface area contributed by atoms with E-state index in [1.54, 1.807) is 18.3 Å². The zero-order valence-electron chi connectivity index (χ0n) is 10.7. The van der Waals surface area contributed by atoms with E-state index in [1.165, 1.54) is 0 Å². The maximum Gasteiger partial charge on any atom is 0.242 e. The van der Waals surface area contributed by atoms with E-state index in [1.807, 2.05) is 0 Å². The molecule has 0 atom stereocenters. The molecule has 3 N–H and O–H groups in total. The molecule has 6 heteroatoms. The molecule has 0 radical (unpaired) electrons. The van der Waals surface area contributed by atoms with E-state index < -0.39 is 10.0 Å². The molecule has 0 aliphatic heterocycles. The number of sulfonamides is 1. The van der Waals surface area contributed by atoms with E-state index in [0.717, 1.165) is 25.7 Å². The summed E-state index contributed by atoms with van der Waals surface area (Å²) in [7, 11) is -3.50. The van der Waals surface area contributed by atoms with Crippen LogP contribution in [-0.4, -0.2) is 19.4 Å². The van der Waals surface area contributed by atoms with Crippen LogP contribution in [0.25, 0.3) is 0 Å². The lowest BCUT2D eigenvalue weighted by molar-refractivity contribution is 0.471. The number of pyridine rings is 1. The van der Waals surface area contributed by atoms with Crippen molar-refractivity contribution in [3.63, 3.8) is 0 Å². The average molecular weight is 281 g/mol. The predicted octanol–water partition coefficient (Wildman–Crippen LogP) is 1.01. The largest absolute Gasteiger partial charge is 0.325 e. The first-order valence-electron chi connectivity index (χ1n) is 6.78. The molecule has 0 unspecified atom stereocenters. The summed E-state index contributed by atoms with van der Waals surface area (Å²) in [5, 5.41) is 0. The second-order valence-corrected chi connectivity index (χ2v) is 7.16. The van der Waals surface area contributed by atoms with Crippen LogP contribution < -0.4 is 10.5 Å². The van der Waals surface area contributed by atoms with Gasteiger partial charge in [0.25, 0.3) is 0 Å². The third-order valence-corrected chi connectivity index (χ3v) is 5.42. The highest BCUT2D eigenvalue weighted by atomic mass is 32.2. The van der Waals surface area contributed by atoms with Gasteiger partial charge >= 0.3 is 0 Å². The number of nitrogens with two attached hydrogens (primary N) is 1. The number of hydrogen-bond acceptors (Lipinski definition) is 4. The molecule has 2 aliphatic rings. The van der Waals surface area contributed by atoms with Crippen molar-refractivity contribution in [3.05, 3.63) is 24.0 Å². The van der Waals surface area contributed by atoms with Crippen LogP contribution in [0.3, 0.4) is 0 Å². The molecule has 2 saturated carbocycles. The Balaban J connectivity index is 1.85. The molecule has 0 saturated heterocycles. The summed E-state index contributed by atoms with van der Waals surface area (Å²) in [5.74, 6) is 1.06. The molecule has 104 valence electrons. The summed E-state index contributed by atoms with van der Waals surface area (Å²) in [6, 6.07) is 3.32. The Morgan fingerprint density at radius 2 is 1.95 bits per heavy atom. The molecule has 5 nitrogen and oxygen atoms in total. The highest BCUT2D eigenvalue weighted by Crippen LogP contribution is 2.45. The van der Waals surface area contributed by atoms with Crippen molar-refractivity contribution in [2.24, 2.45) is 17.6 Å². The first-order chi connectivity index (χ1) is 9.12. The van der Waals surface area contributed by atoms with Gasteiger partial charge in [-0.25, -0.2) is 13.1 Å². The molecule has 19 heavy (non-hydrogen) atoms. The molecule has 0 bridgehead atoms. The van der Waals surface area contributed by atoms with Crippen molar-refractivity contribution >= 4 is 10.0 Å². The number of aromatic nitrogens is 1. The van der Waals surface area contributed by atoms with Crippen molar-refractivity contribution in [2.45, 2.75) is 43.2 Å². The highest BCUT2D eigenvalue weighted by molar-refractivity contribution is 7.89. The summed E-state index contributed by atoms with van der Waals surface area (Å²) in [6.45, 7) is 0.134. The Morgan fingerprint density at radius 1 is 1.32 bits per heavy atom. The van der Waals surface area contributed by atoms with E-state index in [0.29, 0.717) is 17.5 Å². The summed E-state index contributed by atoms with van der Waals surface area (Å²) in [6.07, 6.45) is 6.13. The van der Waals surface area contributed by atoms with Gasteiger partial charge in [0.15, 0.2) is 0 Å². The molecule has 3 rings (SSSR count). The van der Waals surface area contributed by atoms with Crippen LogP contribution in [-0.2, 0) is 16.6 Å². The van der Waals surface area contributed by atoms with Crippen molar-refractivity contribution in [1.29, 1.82) is 0 Å². The molecule has 0 aromatic carbocycles.